The van der Waals surface area contributed by atoms with Gasteiger partial charge in [-0.3, -0.25) is 4.79 Å². The van der Waals surface area contributed by atoms with E-state index in [9.17, 15) is 4.79 Å². The highest BCUT2D eigenvalue weighted by Crippen LogP contribution is 2.34. The highest BCUT2D eigenvalue weighted by Gasteiger charge is 2.15. The minimum absolute atomic E-state index is 0.194. The highest BCUT2D eigenvalue weighted by atomic mass is 16.7. The van der Waals surface area contributed by atoms with Crippen LogP contribution in [-0.4, -0.2) is 22.7 Å². The number of aromatic nitrogens is 2. The number of ether oxygens (including phenoxy) is 2. The minimum Gasteiger partial charge on any atom is -0.454 e. The number of amides is 1. The van der Waals surface area contributed by atoms with Crippen LogP contribution in [0, 0.1) is 18.3 Å². The zero-order chi connectivity index (χ0) is 19.5. The number of carbonyl (C=O) groups is 1. The summed E-state index contributed by atoms with van der Waals surface area (Å²) in [4.78, 5) is 21.2. The van der Waals surface area contributed by atoms with E-state index in [-0.39, 0.29) is 18.4 Å². The number of aryl methyl sites for hydroxylation is 1. The molecular formula is C20H15N5O3. The number of carbonyl (C=O) groups excluding carboxylic acids is 1. The molecule has 2 N–H and O–H groups in total. The highest BCUT2D eigenvalue weighted by molar-refractivity contribution is 6.03. The number of rotatable bonds is 4. The summed E-state index contributed by atoms with van der Waals surface area (Å²) in [6.45, 7) is 1.98. The van der Waals surface area contributed by atoms with Gasteiger partial charge in [-0.05, 0) is 49.4 Å². The van der Waals surface area contributed by atoms with Crippen LogP contribution in [0.1, 0.15) is 21.7 Å². The Labute approximate surface area is 160 Å². The van der Waals surface area contributed by atoms with Gasteiger partial charge in [0.25, 0.3) is 5.91 Å². The third-order valence-electron chi connectivity index (χ3n) is 3.99. The monoisotopic (exact) mass is 373 g/mol. The summed E-state index contributed by atoms with van der Waals surface area (Å²) in [5, 5.41) is 14.7. The number of nitrogens with one attached hydrogen (secondary N) is 2. The Morgan fingerprint density at radius 3 is 2.57 bits per heavy atom. The lowest BCUT2D eigenvalue weighted by Crippen LogP contribution is -2.15. The molecule has 2 heterocycles. The van der Waals surface area contributed by atoms with Crippen molar-refractivity contribution in [3.8, 4) is 17.6 Å². The summed E-state index contributed by atoms with van der Waals surface area (Å²) in [7, 11) is 0. The molecule has 28 heavy (non-hydrogen) atoms. The fourth-order valence-electron chi connectivity index (χ4n) is 2.67. The summed E-state index contributed by atoms with van der Waals surface area (Å²) in [6.07, 6.45) is 0. The molecule has 0 bridgehead atoms. The van der Waals surface area contributed by atoms with Gasteiger partial charge in [-0.25, -0.2) is 9.97 Å². The van der Waals surface area contributed by atoms with E-state index in [1.54, 1.807) is 49.4 Å². The fraction of sp³-hybridized carbons (Fsp3) is 0.100. The summed E-state index contributed by atoms with van der Waals surface area (Å²) in [6, 6.07) is 15.6. The molecule has 1 aliphatic rings. The van der Waals surface area contributed by atoms with E-state index in [1.165, 1.54) is 0 Å². The third-order valence-corrected chi connectivity index (χ3v) is 3.99. The molecule has 3 aromatic rings. The predicted molar refractivity (Wildman–Crippen MR) is 102 cm³/mol. The minimum atomic E-state index is -0.371. The molecule has 8 heteroatoms. The molecule has 138 valence electrons. The van der Waals surface area contributed by atoms with Crippen molar-refractivity contribution in [2.45, 2.75) is 6.92 Å². The van der Waals surface area contributed by atoms with Crippen molar-refractivity contribution in [1.29, 1.82) is 5.26 Å². The number of fused-ring (bicyclic) bond motifs is 1. The average molecular weight is 373 g/mol. The first-order valence-corrected chi connectivity index (χ1v) is 8.44. The molecule has 1 aromatic heterocycles. The second-order valence-electron chi connectivity index (χ2n) is 6.05. The summed E-state index contributed by atoms with van der Waals surface area (Å²) in [5.41, 5.74) is 2.67. The van der Waals surface area contributed by atoms with Crippen LogP contribution in [0.15, 0.2) is 48.5 Å². The Morgan fingerprint density at radius 1 is 1.04 bits per heavy atom. The van der Waals surface area contributed by atoms with Crippen molar-refractivity contribution >= 4 is 23.2 Å². The Hall–Kier alpha value is -4.12. The number of anilines is 3. The number of hydrogen-bond acceptors (Lipinski definition) is 7. The molecule has 0 atom stereocenters. The van der Waals surface area contributed by atoms with E-state index < -0.39 is 0 Å². The van der Waals surface area contributed by atoms with Gasteiger partial charge in [-0.2, -0.15) is 5.26 Å². The molecule has 2 aromatic carbocycles. The molecule has 0 radical (unpaired) electrons. The van der Waals surface area contributed by atoms with E-state index >= 15 is 0 Å². The molecule has 1 aliphatic heterocycles. The Balaban J connectivity index is 1.53. The van der Waals surface area contributed by atoms with Crippen molar-refractivity contribution in [2.75, 3.05) is 17.4 Å². The van der Waals surface area contributed by atoms with Crippen LogP contribution in [0.3, 0.4) is 0 Å². The normalized spacial score (nSPS) is 11.6. The van der Waals surface area contributed by atoms with Gasteiger partial charge < -0.3 is 20.1 Å². The number of benzene rings is 2. The molecule has 0 aliphatic carbocycles. The fourth-order valence-corrected chi connectivity index (χ4v) is 2.67. The van der Waals surface area contributed by atoms with Crippen molar-refractivity contribution in [2.24, 2.45) is 0 Å². The first-order chi connectivity index (χ1) is 13.6. The van der Waals surface area contributed by atoms with E-state index in [2.05, 4.69) is 20.6 Å². The zero-order valence-electron chi connectivity index (χ0n) is 14.9. The van der Waals surface area contributed by atoms with Crippen molar-refractivity contribution in [1.82, 2.24) is 9.97 Å². The molecule has 8 nitrogen and oxygen atoms in total. The first kappa shape index (κ1) is 17.3. The number of nitriles is 1. The molecular weight excluding hydrogens is 358 g/mol. The van der Waals surface area contributed by atoms with Crippen molar-refractivity contribution in [3.05, 3.63) is 65.5 Å². The summed E-state index contributed by atoms with van der Waals surface area (Å²) in [5.74, 6) is 1.24. The SMILES string of the molecule is Cc1cc(C(=O)Nc2ccc(C#N)cc2)nc(Nc2ccc3c(c2)OCO3)n1. The lowest BCUT2D eigenvalue weighted by atomic mass is 10.2. The summed E-state index contributed by atoms with van der Waals surface area (Å²) >= 11 is 0. The first-order valence-electron chi connectivity index (χ1n) is 8.44. The second-order valence-corrected chi connectivity index (χ2v) is 6.05. The van der Waals surface area contributed by atoms with Gasteiger partial charge in [-0.15, -0.1) is 0 Å². The maximum atomic E-state index is 12.5. The van der Waals surface area contributed by atoms with Gasteiger partial charge in [0.15, 0.2) is 11.5 Å². The lowest BCUT2D eigenvalue weighted by molar-refractivity contribution is 0.102. The van der Waals surface area contributed by atoms with E-state index in [4.69, 9.17) is 14.7 Å². The van der Waals surface area contributed by atoms with Gasteiger partial charge in [0.1, 0.15) is 5.69 Å². The van der Waals surface area contributed by atoms with Gasteiger partial charge >= 0.3 is 0 Å². The van der Waals surface area contributed by atoms with Crippen LogP contribution in [0.25, 0.3) is 0 Å². The number of hydrogen-bond donors (Lipinski definition) is 2. The molecule has 0 fully saturated rings. The molecule has 4 rings (SSSR count). The summed E-state index contributed by atoms with van der Waals surface area (Å²) < 4.78 is 10.7. The molecule has 0 unspecified atom stereocenters. The van der Waals surface area contributed by atoms with Gasteiger partial charge in [-0.1, -0.05) is 0 Å². The topological polar surface area (TPSA) is 109 Å². The van der Waals surface area contributed by atoms with E-state index in [0.29, 0.717) is 40.1 Å². The van der Waals surface area contributed by atoms with Gasteiger partial charge in [0, 0.05) is 23.1 Å². The van der Waals surface area contributed by atoms with Gasteiger partial charge in [0.05, 0.1) is 11.6 Å². The predicted octanol–water partition coefficient (Wildman–Crippen LogP) is 3.38. The molecule has 1 amide bonds. The molecule has 0 saturated carbocycles. The zero-order valence-corrected chi connectivity index (χ0v) is 14.9. The Kier molecular flexibility index (Phi) is 4.48. The maximum absolute atomic E-state index is 12.5. The smallest absolute Gasteiger partial charge is 0.274 e. The standard InChI is InChI=1S/C20H15N5O3/c1-12-8-16(19(26)23-14-4-2-13(10-21)3-5-14)25-20(22-12)24-15-6-7-17-18(9-15)28-11-27-17/h2-9H,11H2,1H3,(H,23,26)(H,22,24,25). The Morgan fingerprint density at radius 2 is 1.79 bits per heavy atom. The van der Waals surface area contributed by atoms with Crippen molar-refractivity contribution in [3.63, 3.8) is 0 Å². The average Bonchev–Trinajstić information content (AvgIpc) is 3.16. The van der Waals surface area contributed by atoms with Crippen LogP contribution < -0.4 is 20.1 Å². The molecule has 0 saturated heterocycles. The van der Waals surface area contributed by atoms with Crippen molar-refractivity contribution < 1.29 is 14.3 Å². The van der Waals surface area contributed by atoms with Crippen LogP contribution in [0.4, 0.5) is 17.3 Å². The second kappa shape index (κ2) is 7.25. The van der Waals surface area contributed by atoms with Gasteiger partial charge in [0.2, 0.25) is 12.7 Å². The number of nitrogens with zero attached hydrogens (tertiary/aromatic N) is 3. The van der Waals surface area contributed by atoms with Crippen LogP contribution >= 0.6 is 0 Å². The van der Waals surface area contributed by atoms with Crippen LogP contribution in [0.2, 0.25) is 0 Å². The van der Waals surface area contributed by atoms with Crippen LogP contribution in [-0.2, 0) is 0 Å². The maximum Gasteiger partial charge on any atom is 0.274 e. The largest absolute Gasteiger partial charge is 0.454 e. The lowest BCUT2D eigenvalue weighted by Gasteiger charge is -2.09. The molecule has 0 spiro atoms. The van der Waals surface area contributed by atoms with E-state index in [1.807, 2.05) is 12.1 Å². The third kappa shape index (κ3) is 3.68. The Bertz CT molecular complexity index is 1090. The van der Waals surface area contributed by atoms with Crippen LogP contribution in [0.5, 0.6) is 11.5 Å². The quantitative estimate of drug-likeness (QED) is 0.721. The van der Waals surface area contributed by atoms with E-state index in [0.717, 1.165) is 0 Å².